The van der Waals surface area contributed by atoms with E-state index in [0.29, 0.717) is 17.4 Å². The van der Waals surface area contributed by atoms with Gasteiger partial charge in [-0.3, -0.25) is 0 Å². The van der Waals surface area contributed by atoms with Crippen molar-refractivity contribution in [2.24, 2.45) is 0 Å². The average molecular weight is 306 g/mol. The lowest BCUT2D eigenvalue weighted by molar-refractivity contribution is -0.113. The van der Waals surface area contributed by atoms with Gasteiger partial charge in [0.15, 0.2) is 0 Å². The van der Waals surface area contributed by atoms with Crippen LogP contribution in [0.4, 0.5) is 9.18 Å². The molecule has 1 aromatic heterocycles. The van der Waals surface area contributed by atoms with Crippen LogP contribution < -0.4 is 5.32 Å². The summed E-state index contributed by atoms with van der Waals surface area (Å²) in [7, 11) is 0. The van der Waals surface area contributed by atoms with Gasteiger partial charge in [0.25, 0.3) is 0 Å². The molecule has 0 saturated heterocycles. The molecular weight excluding hydrogens is 287 g/mol. The lowest BCUT2D eigenvalue weighted by atomic mass is 9.93. The first-order valence-corrected chi connectivity index (χ1v) is 6.90. The molecule has 5 nitrogen and oxygen atoms in total. The number of fused-ring (bicyclic) bond motifs is 1. The summed E-state index contributed by atoms with van der Waals surface area (Å²) in [5.41, 5.74) is -1.20. The lowest BCUT2D eigenvalue weighted by Crippen LogP contribution is -2.46. The number of benzene rings is 1. The van der Waals surface area contributed by atoms with E-state index in [1.165, 1.54) is 19.2 Å². The van der Waals surface area contributed by atoms with Crippen LogP contribution in [0.5, 0.6) is 0 Å². The molecule has 2 rings (SSSR count). The molecule has 0 aliphatic rings. The number of carbonyl (C=O) groups is 2. The molecule has 2 aromatic rings. The van der Waals surface area contributed by atoms with Gasteiger partial charge in [0, 0.05) is 22.7 Å². The molecule has 1 atom stereocenters. The zero-order chi connectivity index (χ0) is 16.5. The molecule has 0 radical (unpaired) electrons. The van der Waals surface area contributed by atoms with E-state index in [9.17, 15) is 14.0 Å². The van der Waals surface area contributed by atoms with Crippen LogP contribution in [-0.2, 0) is 15.1 Å². The van der Waals surface area contributed by atoms with Crippen LogP contribution in [-0.4, -0.2) is 23.0 Å². The van der Waals surface area contributed by atoms with Gasteiger partial charge in [-0.15, -0.1) is 0 Å². The molecule has 0 bridgehead atoms. The fourth-order valence-corrected chi connectivity index (χ4v) is 2.23. The summed E-state index contributed by atoms with van der Waals surface area (Å²) >= 11 is 0. The third kappa shape index (κ3) is 3.10. The van der Waals surface area contributed by atoms with Gasteiger partial charge in [0.2, 0.25) is 0 Å². The summed E-state index contributed by atoms with van der Waals surface area (Å²) in [6.07, 6.45) is 1.33. The molecule has 1 amide bonds. The zero-order valence-electron chi connectivity index (χ0n) is 13.0. The van der Waals surface area contributed by atoms with Gasteiger partial charge in [0.05, 0.1) is 0 Å². The van der Waals surface area contributed by atoms with Crippen molar-refractivity contribution in [2.45, 2.75) is 38.8 Å². The van der Waals surface area contributed by atoms with Crippen LogP contribution >= 0.6 is 0 Å². The van der Waals surface area contributed by atoms with E-state index >= 15 is 0 Å². The molecule has 6 heteroatoms. The molecule has 0 aliphatic carbocycles. The summed E-state index contributed by atoms with van der Waals surface area (Å²) in [5, 5.41) is 2.78. The molecule has 2 N–H and O–H groups in total. The number of ether oxygens (including phenoxy) is 1. The number of halogens is 1. The molecule has 0 saturated carbocycles. The third-order valence-corrected chi connectivity index (χ3v) is 3.21. The fraction of sp³-hybridized carbons (Fsp3) is 0.375. The van der Waals surface area contributed by atoms with Crippen LogP contribution in [0.25, 0.3) is 10.9 Å². The van der Waals surface area contributed by atoms with Crippen LogP contribution in [0.3, 0.4) is 0 Å². The fourth-order valence-electron chi connectivity index (χ4n) is 2.23. The molecule has 0 fully saturated rings. The second-order valence-electron chi connectivity index (χ2n) is 6.31. The SMILES string of the molecule is CC(C)(C)OC(=O)NC(C)(C=O)c1c[nH]c2cccc(F)c12. The maximum Gasteiger partial charge on any atom is 0.408 e. The number of carbonyl (C=O) groups excluding carboxylic acids is 2. The summed E-state index contributed by atoms with van der Waals surface area (Å²) in [6.45, 7) is 6.65. The number of aromatic amines is 1. The Balaban J connectivity index is 2.41. The molecule has 1 aromatic carbocycles. The zero-order valence-corrected chi connectivity index (χ0v) is 13.0. The minimum atomic E-state index is -1.40. The number of aldehydes is 1. The number of rotatable bonds is 3. The minimum absolute atomic E-state index is 0.271. The van der Waals surface area contributed by atoms with Crippen molar-refractivity contribution in [1.29, 1.82) is 0 Å². The molecule has 118 valence electrons. The largest absolute Gasteiger partial charge is 0.444 e. The molecular formula is C16H19FN2O3. The number of aromatic nitrogens is 1. The van der Waals surface area contributed by atoms with Crippen molar-refractivity contribution in [2.75, 3.05) is 0 Å². The molecule has 1 heterocycles. The maximum absolute atomic E-state index is 14.1. The van der Waals surface area contributed by atoms with Crippen molar-refractivity contribution in [3.63, 3.8) is 0 Å². The van der Waals surface area contributed by atoms with Gasteiger partial charge in [-0.1, -0.05) is 6.07 Å². The van der Waals surface area contributed by atoms with Gasteiger partial charge in [0.1, 0.15) is 23.2 Å². The Bertz CT molecular complexity index is 718. The van der Waals surface area contributed by atoms with Crippen molar-refractivity contribution in [1.82, 2.24) is 10.3 Å². The Hall–Kier alpha value is -2.37. The summed E-state index contributed by atoms with van der Waals surface area (Å²) in [5.74, 6) is -0.465. The monoisotopic (exact) mass is 306 g/mol. The van der Waals surface area contributed by atoms with E-state index in [-0.39, 0.29) is 5.39 Å². The number of hydrogen-bond acceptors (Lipinski definition) is 3. The quantitative estimate of drug-likeness (QED) is 0.855. The Morgan fingerprint density at radius 2 is 2.00 bits per heavy atom. The first-order valence-electron chi connectivity index (χ1n) is 6.90. The van der Waals surface area contributed by atoms with Crippen molar-refractivity contribution in [3.05, 3.63) is 35.8 Å². The number of hydrogen-bond donors (Lipinski definition) is 2. The topological polar surface area (TPSA) is 71.2 Å². The molecule has 22 heavy (non-hydrogen) atoms. The number of alkyl carbamates (subject to hydrolysis) is 1. The number of nitrogens with one attached hydrogen (secondary N) is 2. The highest BCUT2D eigenvalue weighted by molar-refractivity contribution is 5.90. The molecule has 0 aliphatic heterocycles. The summed E-state index contributed by atoms with van der Waals surface area (Å²) in [4.78, 5) is 26.4. The van der Waals surface area contributed by atoms with Gasteiger partial charge in [-0.25, -0.2) is 9.18 Å². The highest BCUT2D eigenvalue weighted by Gasteiger charge is 2.33. The average Bonchev–Trinajstić information content (AvgIpc) is 2.82. The van der Waals surface area contributed by atoms with E-state index in [1.54, 1.807) is 32.9 Å². The van der Waals surface area contributed by atoms with Crippen LogP contribution in [0.1, 0.15) is 33.3 Å². The van der Waals surface area contributed by atoms with E-state index in [0.717, 1.165) is 0 Å². The number of H-pyrrole nitrogens is 1. The van der Waals surface area contributed by atoms with Crippen LogP contribution in [0.15, 0.2) is 24.4 Å². The van der Waals surface area contributed by atoms with Gasteiger partial charge >= 0.3 is 6.09 Å². The smallest absolute Gasteiger partial charge is 0.408 e. The summed E-state index contributed by atoms with van der Waals surface area (Å²) < 4.78 is 19.2. The second kappa shape index (κ2) is 5.44. The van der Waals surface area contributed by atoms with Crippen LogP contribution in [0, 0.1) is 5.82 Å². The number of amides is 1. The highest BCUT2D eigenvalue weighted by atomic mass is 19.1. The van der Waals surface area contributed by atoms with Gasteiger partial charge < -0.3 is 19.8 Å². The van der Waals surface area contributed by atoms with E-state index in [2.05, 4.69) is 10.3 Å². The van der Waals surface area contributed by atoms with Crippen LogP contribution in [0.2, 0.25) is 0 Å². The Kier molecular flexibility index (Phi) is 3.96. The third-order valence-electron chi connectivity index (χ3n) is 3.21. The van der Waals surface area contributed by atoms with Gasteiger partial charge in [-0.2, -0.15) is 0 Å². The van der Waals surface area contributed by atoms with Crippen molar-refractivity contribution in [3.8, 4) is 0 Å². The minimum Gasteiger partial charge on any atom is -0.444 e. The predicted molar refractivity (Wildman–Crippen MR) is 81.0 cm³/mol. The second-order valence-corrected chi connectivity index (χ2v) is 6.31. The molecule has 1 unspecified atom stereocenters. The summed E-state index contributed by atoms with van der Waals surface area (Å²) in [6, 6.07) is 4.57. The van der Waals surface area contributed by atoms with E-state index in [1.807, 2.05) is 0 Å². The predicted octanol–water partition coefficient (Wildman–Crippen LogP) is 3.25. The van der Waals surface area contributed by atoms with Crippen molar-refractivity contribution >= 4 is 23.3 Å². The Morgan fingerprint density at radius 3 is 2.59 bits per heavy atom. The highest BCUT2D eigenvalue weighted by Crippen LogP contribution is 2.29. The van der Waals surface area contributed by atoms with E-state index < -0.39 is 23.1 Å². The molecule has 0 spiro atoms. The lowest BCUT2D eigenvalue weighted by Gasteiger charge is -2.27. The normalized spacial score (nSPS) is 14.4. The maximum atomic E-state index is 14.1. The first kappa shape index (κ1) is 16.0. The Morgan fingerprint density at radius 1 is 1.32 bits per heavy atom. The Labute approximate surface area is 127 Å². The standard InChI is InChI=1S/C16H19FN2O3/c1-15(2,3)22-14(21)19-16(4,9-20)10-8-18-12-7-5-6-11(17)13(10)12/h5-9,18H,1-4H3,(H,19,21). The first-order chi connectivity index (χ1) is 10.2. The van der Waals surface area contributed by atoms with Gasteiger partial charge in [-0.05, 0) is 39.8 Å². The van der Waals surface area contributed by atoms with E-state index in [4.69, 9.17) is 4.74 Å². The van der Waals surface area contributed by atoms with Crippen molar-refractivity contribution < 1.29 is 18.7 Å².